The number of esters is 1. The Labute approximate surface area is 150 Å². The molecule has 6 heteroatoms. The zero-order chi connectivity index (χ0) is 16.6. The maximum absolute atomic E-state index is 11.6. The molecule has 3 aromatic rings. The fourth-order valence-corrected chi connectivity index (χ4v) is 3.50. The van der Waals surface area contributed by atoms with Crippen molar-refractivity contribution >= 4 is 59.6 Å². The number of carbonyl (C=O) groups excluding carboxylic acids is 1. The molecule has 0 amide bonds. The van der Waals surface area contributed by atoms with Gasteiger partial charge in [-0.1, -0.05) is 37.9 Å². The van der Waals surface area contributed by atoms with Crippen molar-refractivity contribution in [1.82, 2.24) is 4.57 Å². The second kappa shape index (κ2) is 6.63. The third-order valence-corrected chi connectivity index (χ3v) is 5.02. The molecular formula is C17H15Br2NO3. The van der Waals surface area contributed by atoms with Crippen molar-refractivity contribution < 1.29 is 14.6 Å². The van der Waals surface area contributed by atoms with Crippen molar-refractivity contribution in [3.05, 3.63) is 46.4 Å². The lowest BCUT2D eigenvalue weighted by atomic mass is 10.1. The second-order valence-corrected chi connectivity index (χ2v) is 6.77. The van der Waals surface area contributed by atoms with E-state index in [-0.39, 0.29) is 6.54 Å². The molecule has 0 radical (unpaired) electrons. The Bertz CT molecular complexity index is 888. The summed E-state index contributed by atoms with van der Waals surface area (Å²) in [5.74, 6) is -0.630. The number of aromatic nitrogens is 1. The van der Waals surface area contributed by atoms with Crippen LogP contribution in [0.5, 0.6) is 0 Å². The Morgan fingerprint density at radius 3 is 2.52 bits per heavy atom. The molecular weight excluding hydrogens is 426 g/mol. The molecule has 3 rings (SSSR count). The largest absolute Gasteiger partial charge is 0.467 e. The topological polar surface area (TPSA) is 51.5 Å². The van der Waals surface area contributed by atoms with Crippen molar-refractivity contribution in [2.75, 3.05) is 7.11 Å². The van der Waals surface area contributed by atoms with Gasteiger partial charge in [-0.15, -0.1) is 0 Å². The number of fused-ring (bicyclic) bond motifs is 3. The summed E-state index contributed by atoms with van der Waals surface area (Å²) in [6.45, 7) is 0.155. The zero-order valence-corrected chi connectivity index (χ0v) is 15.6. The van der Waals surface area contributed by atoms with Gasteiger partial charge >= 0.3 is 5.97 Å². The number of hydrogen-bond acceptors (Lipinski definition) is 3. The van der Waals surface area contributed by atoms with Crippen LogP contribution in [0.3, 0.4) is 0 Å². The third kappa shape index (κ3) is 3.03. The minimum Gasteiger partial charge on any atom is -0.467 e. The normalized spacial score (nSPS) is 12.7. The molecule has 0 bridgehead atoms. The predicted molar refractivity (Wildman–Crippen MR) is 97.8 cm³/mol. The maximum atomic E-state index is 11.6. The van der Waals surface area contributed by atoms with Gasteiger partial charge in [-0.25, -0.2) is 4.79 Å². The van der Waals surface area contributed by atoms with Crippen molar-refractivity contribution in [2.24, 2.45) is 0 Å². The van der Waals surface area contributed by atoms with E-state index in [1.54, 1.807) is 0 Å². The van der Waals surface area contributed by atoms with Crippen LogP contribution in [0.4, 0.5) is 0 Å². The zero-order valence-electron chi connectivity index (χ0n) is 12.4. The van der Waals surface area contributed by atoms with Crippen LogP contribution in [0.1, 0.15) is 5.56 Å². The van der Waals surface area contributed by atoms with Crippen LogP contribution in [0.15, 0.2) is 40.9 Å². The van der Waals surface area contributed by atoms with E-state index in [4.69, 9.17) is 0 Å². The maximum Gasteiger partial charge on any atom is 0.336 e. The second-order valence-electron chi connectivity index (χ2n) is 5.30. The lowest BCUT2D eigenvalue weighted by Gasteiger charge is -2.12. The summed E-state index contributed by atoms with van der Waals surface area (Å²) in [6.07, 6.45) is -1.20. The Morgan fingerprint density at radius 2 is 1.87 bits per heavy atom. The number of halogens is 2. The molecule has 0 saturated heterocycles. The Balaban J connectivity index is 2.24. The van der Waals surface area contributed by atoms with Crippen LogP contribution in [0, 0.1) is 0 Å². The summed E-state index contributed by atoms with van der Waals surface area (Å²) in [7, 11) is 1.27. The minimum atomic E-state index is -1.20. The molecule has 23 heavy (non-hydrogen) atoms. The van der Waals surface area contributed by atoms with Gasteiger partial charge in [0.25, 0.3) is 0 Å². The van der Waals surface area contributed by atoms with Crippen LogP contribution in [0.2, 0.25) is 0 Å². The Hall–Kier alpha value is -1.37. The number of ether oxygens (including phenoxy) is 1. The van der Waals surface area contributed by atoms with Gasteiger partial charge in [0.15, 0.2) is 6.10 Å². The fourth-order valence-electron chi connectivity index (χ4n) is 2.79. The summed E-state index contributed by atoms with van der Waals surface area (Å²) < 4.78 is 7.57. The van der Waals surface area contributed by atoms with Gasteiger partial charge in [0.1, 0.15) is 0 Å². The molecule has 0 saturated carbocycles. The van der Waals surface area contributed by atoms with Gasteiger partial charge in [0, 0.05) is 31.6 Å². The van der Waals surface area contributed by atoms with Crippen LogP contribution in [-0.2, 0) is 21.4 Å². The molecule has 4 nitrogen and oxygen atoms in total. The molecule has 2 aromatic carbocycles. The SMILES string of the molecule is COC(=O)C(O)Cn1c2ccc(Br)cc2c2cc(CBr)ccc21. The van der Waals surface area contributed by atoms with E-state index < -0.39 is 12.1 Å². The quantitative estimate of drug-likeness (QED) is 0.493. The predicted octanol–water partition coefficient (Wildman–Crippen LogP) is 3.99. The average Bonchev–Trinajstić information content (AvgIpc) is 2.86. The highest BCUT2D eigenvalue weighted by Gasteiger charge is 2.19. The smallest absolute Gasteiger partial charge is 0.336 e. The van der Waals surface area contributed by atoms with E-state index in [1.165, 1.54) is 12.7 Å². The summed E-state index contributed by atoms with van der Waals surface area (Å²) >= 11 is 6.99. The highest BCUT2D eigenvalue weighted by atomic mass is 79.9. The van der Waals surface area contributed by atoms with Crippen molar-refractivity contribution in [3.63, 3.8) is 0 Å². The fraction of sp³-hybridized carbons (Fsp3) is 0.235. The number of alkyl halides is 1. The summed E-state index contributed by atoms with van der Waals surface area (Å²) in [4.78, 5) is 11.6. The van der Waals surface area contributed by atoms with Gasteiger partial charge in [-0.05, 0) is 35.9 Å². The first-order valence-corrected chi connectivity index (χ1v) is 8.99. The van der Waals surface area contributed by atoms with Crippen LogP contribution >= 0.6 is 31.9 Å². The number of rotatable bonds is 4. The van der Waals surface area contributed by atoms with Crippen LogP contribution < -0.4 is 0 Å². The molecule has 0 spiro atoms. The van der Waals surface area contributed by atoms with Crippen LogP contribution in [0.25, 0.3) is 21.8 Å². The lowest BCUT2D eigenvalue weighted by Crippen LogP contribution is -2.26. The van der Waals surface area contributed by atoms with Gasteiger partial charge in [0.2, 0.25) is 0 Å². The van der Waals surface area contributed by atoms with Crippen LogP contribution in [-0.4, -0.2) is 28.9 Å². The molecule has 0 aliphatic carbocycles. The Morgan fingerprint density at radius 1 is 1.22 bits per heavy atom. The molecule has 120 valence electrons. The number of aliphatic hydroxyl groups excluding tert-OH is 1. The number of aliphatic hydroxyl groups is 1. The monoisotopic (exact) mass is 439 g/mol. The van der Waals surface area contributed by atoms with Gasteiger partial charge in [0.05, 0.1) is 13.7 Å². The van der Waals surface area contributed by atoms with Crippen molar-refractivity contribution in [2.45, 2.75) is 18.0 Å². The van der Waals surface area contributed by atoms with E-state index in [2.05, 4.69) is 48.7 Å². The molecule has 1 atom stereocenters. The Kier molecular flexibility index (Phi) is 4.75. The van der Waals surface area contributed by atoms with E-state index in [9.17, 15) is 9.90 Å². The van der Waals surface area contributed by atoms with Gasteiger partial charge in [-0.3, -0.25) is 0 Å². The van der Waals surface area contributed by atoms with E-state index in [0.717, 1.165) is 31.6 Å². The number of carbonyl (C=O) groups is 1. The number of nitrogens with zero attached hydrogens (tertiary/aromatic N) is 1. The summed E-state index contributed by atoms with van der Waals surface area (Å²) in [6, 6.07) is 12.2. The number of methoxy groups -OCH3 is 1. The van der Waals surface area contributed by atoms with E-state index >= 15 is 0 Å². The number of hydrogen-bond donors (Lipinski definition) is 1. The molecule has 1 heterocycles. The minimum absolute atomic E-state index is 0.155. The summed E-state index contributed by atoms with van der Waals surface area (Å²) in [5.41, 5.74) is 3.12. The number of benzene rings is 2. The highest BCUT2D eigenvalue weighted by Crippen LogP contribution is 2.32. The molecule has 1 unspecified atom stereocenters. The average molecular weight is 441 g/mol. The lowest BCUT2D eigenvalue weighted by molar-refractivity contribution is -0.150. The first-order chi connectivity index (χ1) is 11.0. The standard InChI is InChI=1S/C17H15Br2NO3/c1-23-17(22)16(21)9-20-14-4-2-10(8-18)6-12(14)13-7-11(19)3-5-15(13)20/h2-7,16,21H,8-9H2,1H3. The van der Waals surface area contributed by atoms with E-state index in [1.807, 2.05) is 28.8 Å². The first kappa shape index (κ1) is 16.5. The highest BCUT2D eigenvalue weighted by molar-refractivity contribution is 9.10. The molecule has 0 fully saturated rings. The van der Waals surface area contributed by atoms with E-state index in [0.29, 0.717) is 0 Å². The van der Waals surface area contributed by atoms with Crippen molar-refractivity contribution in [3.8, 4) is 0 Å². The molecule has 1 N–H and O–H groups in total. The third-order valence-electron chi connectivity index (χ3n) is 3.87. The molecule has 0 aliphatic rings. The first-order valence-electron chi connectivity index (χ1n) is 7.07. The molecule has 1 aromatic heterocycles. The van der Waals surface area contributed by atoms with Crippen molar-refractivity contribution in [1.29, 1.82) is 0 Å². The van der Waals surface area contributed by atoms with Gasteiger partial charge < -0.3 is 14.4 Å². The van der Waals surface area contributed by atoms with Gasteiger partial charge in [-0.2, -0.15) is 0 Å². The summed E-state index contributed by atoms with van der Waals surface area (Å²) in [5, 5.41) is 13.0. The molecule has 0 aliphatic heterocycles.